The monoisotopic (exact) mass is 463 g/mol. The number of piperidine rings is 1. The number of Topliss-reactive ketones (excluding diaryl/α,β-unsaturated/α-hetero) is 1. The molecule has 0 radical (unpaired) electrons. The van der Waals surface area contributed by atoms with Crippen LogP contribution in [0.4, 0.5) is 0 Å². The maximum Gasteiger partial charge on any atom is 0.309 e. The lowest BCUT2D eigenvalue weighted by Crippen LogP contribution is -2.41. The summed E-state index contributed by atoms with van der Waals surface area (Å²) in [6.45, 7) is 5.81. The van der Waals surface area contributed by atoms with Crippen molar-refractivity contribution in [3.63, 3.8) is 0 Å². The average molecular weight is 464 g/mol. The van der Waals surface area contributed by atoms with E-state index < -0.39 is 28.0 Å². The molecule has 1 saturated heterocycles. The average Bonchev–Trinajstić information content (AvgIpc) is 2.75. The molecular formula is C23H26ClNO5S. The third-order valence-corrected chi connectivity index (χ3v) is 7.84. The van der Waals surface area contributed by atoms with Crippen molar-refractivity contribution >= 4 is 33.4 Å². The number of rotatable bonds is 6. The maximum absolute atomic E-state index is 12.9. The molecule has 1 fully saturated rings. The minimum absolute atomic E-state index is 0.231. The van der Waals surface area contributed by atoms with E-state index >= 15 is 0 Å². The molecule has 3 rings (SSSR count). The topological polar surface area (TPSA) is 80.8 Å². The zero-order valence-electron chi connectivity index (χ0n) is 17.8. The number of ether oxygens (including phenoxy) is 1. The number of nitrogens with zero attached hydrogens (tertiary/aromatic N) is 1. The van der Waals surface area contributed by atoms with Gasteiger partial charge in [-0.3, -0.25) is 9.59 Å². The summed E-state index contributed by atoms with van der Waals surface area (Å²) in [7, 11) is -3.61. The van der Waals surface area contributed by atoms with Gasteiger partial charge in [0.05, 0.1) is 10.8 Å². The van der Waals surface area contributed by atoms with Gasteiger partial charge in [0.15, 0.2) is 6.10 Å². The second kappa shape index (κ2) is 9.51. The summed E-state index contributed by atoms with van der Waals surface area (Å²) in [4.78, 5) is 25.3. The van der Waals surface area contributed by atoms with Crippen LogP contribution >= 0.6 is 11.6 Å². The van der Waals surface area contributed by atoms with Crippen molar-refractivity contribution in [1.29, 1.82) is 0 Å². The Morgan fingerprint density at radius 1 is 1.03 bits per heavy atom. The van der Waals surface area contributed by atoms with E-state index in [4.69, 9.17) is 16.3 Å². The highest BCUT2D eigenvalue weighted by Gasteiger charge is 2.34. The van der Waals surface area contributed by atoms with Gasteiger partial charge >= 0.3 is 5.97 Å². The summed E-state index contributed by atoms with van der Waals surface area (Å²) in [5.41, 5.74) is 2.36. The largest absolute Gasteiger partial charge is 0.454 e. The third-order valence-electron chi connectivity index (χ3n) is 5.69. The predicted molar refractivity (Wildman–Crippen MR) is 119 cm³/mol. The van der Waals surface area contributed by atoms with E-state index in [0.29, 0.717) is 23.4 Å². The Bertz CT molecular complexity index is 1070. The zero-order chi connectivity index (χ0) is 22.8. The van der Waals surface area contributed by atoms with Gasteiger partial charge in [0.1, 0.15) is 0 Å². The Morgan fingerprint density at radius 3 is 2.23 bits per heavy atom. The van der Waals surface area contributed by atoms with E-state index in [1.165, 1.54) is 11.2 Å². The van der Waals surface area contributed by atoms with Crippen molar-refractivity contribution in [1.82, 2.24) is 4.31 Å². The molecule has 1 aliphatic rings. The van der Waals surface area contributed by atoms with Gasteiger partial charge in [-0.2, -0.15) is 4.31 Å². The SMILES string of the molecule is Cc1ccc(S(=O)(=O)N2CCC(C(=O)OC(C)C(=O)c3ccc(Cl)cc3)CC2)cc1C. The number of carbonyl (C=O) groups is 2. The summed E-state index contributed by atoms with van der Waals surface area (Å²) in [6.07, 6.45) is -0.221. The van der Waals surface area contributed by atoms with Crippen LogP contribution in [-0.4, -0.2) is 43.7 Å². The zero-order valence-corrected chi connectivity index (χ0v) is 19.4. The normalized spacial score (nSPS) is 16.6. The van der Waals surface area contributed by atoms with Crippen molar-refractivity contribution in [2.24, 2.45) is 5.92 Å². The summed E-state index contributed by atoms with van der Waals surface area (Å²) >= 11 is 5.84. The fourth-order valence-electron chi connectivity index (χ4n) is 3.53. The number of halogens is 1. The minimum atomic E-state index is -3.61. The molecule has 0 amide bonds. The lowest BCUT2D eigenvalue weighted by molar-refractivity contribution is -0.152. The molecule has 2 aromatic carbocycles. The van der Waals surface area contributed by atoms with E-state index in [2.05, 4.69) is 0 Å². The quantitative estimate of drug-likeness (QED) is 0.474. The molecule has 31 heavy (non-hydrogen) atoms. The molecule has 2 aromatic rings. The number of ketones is 1. The van der Waals surface area contributed by atoms with Crippen LogP contribution in [0.1, 0.15) is 41.3 Å². The highest BCUT2D eigenvalue weighted by Crippen LogP contribution is 2.26. The number of aryl methyl sites for hydroxylation is 2. The fourth-order valence-corrected chi connectivity index (χ4v) is 5.21. The highest BCUT2D eigenvalue weighted by molar-refractivity contribution is 7.89. The van der Waals surface area contributed by atoms with Crippen molar-refractivity contribution in [3.05, 3.63) is 64.2 Å². The van der Waals surface area contributed by atoms with Gasteiger partial charge < -0.3 is 4.74 Å². The van der Waals surface area contributed by atoms with Gasteiger partial charge in [-0.15, -0.1) is 0 Å². The van der Waals surface area contributed by atoms with Crippen LogP contribution in [0, 0.1) is 19.8 Å². The van der Waals surface area contributed by atoms with Crippen LogP contribution < -0.4 is 0 Å². The number of hydrogen-bond acceptors (Lipinski definition) is 5. The van der Waals surface area contributed by atoms with Gasteiger partial charge in [0, 0.05) is 23.7 Å². The van der Waals surface area contributed by atoms with Crippen LogP contribution in [0.25, 0.3) is 0 Å². The van der Waals surface area contributed by atoms with Gasteiger partial charge in [-0.25, -0.2) is 8.42 Å². The summed E-state index contributed by atoms with van der Waals surface area (Å²) in [6, 6.07) is 11.5. The van der Waals surface area contributed by atoms with E-state index in [1.54, 1.807) is 42.5 Å². The Labute approximate surface area is 188 Å². The van der Waals surface area contributed by atoms with Crippen LogP contribution in [-0.2, 0) is 19.6 Å². The summed E-state index contributed by atoms with van der Waals surface area (Å²) < 4.78 is 32.6. The molecule has 0 saturated carbocycles. The third kappa shape index (κ3) is 5.34. The molecule has 0 N–H and O–H groups in total. The molecule has 1 unspecified atom stereocenters. The lowest BCUT2D eigenvalue weighted by Gasteiger charge is -2.30. The van der Waals surface area contributed by atoms with Crippen molar-refractivity contribution in [2.75, 3.05) is 13.1 Å². The second-order valence-electron chi connectivity index (χ2n) is 7.87. The van der Waals surface area contributed by atoms with Crippen molar-refractivity contribution in [2.45, 2.75) is 44.6 Å². The molecule has 1 atom stereocenters. The highest BCUT2D eigenvalue weighted by atomic mass is 35.5. The van der Waals surface area contributed by atoms with E-state index in [9.17, 15) is 18.0 Å². The first-order chi connectivity index (χ1) is 14.6. The molecule has 1 aliphatic heterocycles. The first-order valence-electron chi connectivity index (χ1n) is 10.2. The summed E-state index contributed by atoms with van der Waals surface area (Å²) in [5, 5.41) is 0.517. The molecule has 8 heteroatoms. The van der Waals surface area contributed by atoms with Crippen LogP contribution in [0.15, 0.2) is 47.4 Å². The van der Waals surface area contributed by atoms with Gasteiger partial charge in [-0.05, 0) is 81.1 Å². The molecule has 1 heterocycles. The number of esters is 1. The van der Waals surface area contributed by atoms with Gasteiger partial charge in [0.25, 0.3) is 0 Å². The maximum atomic E-state index is 12.9. The first kappa shape index (κ1) is 23.4. The molecular weight excluding hydrogens is 438 g/mol. The Balaban J connectivity index is 1.58. The van der Waals surface area contributed by atoms with Crippen LogP contribution in [0.3, 0.4) is 0 Å². The fraction of sp³-hybridized carbons (Fsp3) is 0.391. The number of carbonyl (C=O) groups excluding carboxylic acids is 2. The van der Waals surface area contributed by atoms with Gasteiger partial charge in [-0.1, -0.05) is 17.7 Å². The van der Waals surface area contributed by atoms with E-state index in [0.717, 1.165) is 11.1 Å². The minimum Gasteiger partial charge on any atom is -0.454 e. The molecule has 0 aliphatic carbocycles. The molecule has 6 nitrogen and oxygen atoms in total. The Hall–Kier alpha value is -2.22. The molecule has 0 aromatic heterocycles. The Kier molecular flexibility index (Phi) is 7.19. The molecule has 166 valence electrons. The van der Waals surface area contributed by atoms with Crippen molar-refractivity contribution < 1.29 is 22.7 Å². The smallest absolute Gasteiger partial charge is 0.309 e. The number of hydrogen-bond donors (Lipinski definition) is 0. The van der Waals surface area contributed by atoms with E-state index in [1.807, 2.05) is 13.8 Å². The predicted octanol–water partition coefficient (Wildman–Crippen LogP) is 4.17. The summed E-state index contributed by atoms with van der Waals surface area (Å²) in [5.74, 6) is -1.22. The molecule has 0 bridgehead atoms. The molecule has 0 spiro atoms. The van der Waals surface area contributed by atoms with Crippen LogP contribution in [0.5, 0.6) is 0 Å². The van der Waals surface area contributed by atoms with Crippen molar-refractivity contribution in [3.8, 4) is 0 Å². The first-order valence-corrected chi connectivity index (χ1v) is 12.0. The lowest BCUT2D eigenvalue weighted by atomic mass is 9.98. The Morgan fingerprint density at radius 2 is 1.65 bits per heavy atom. The number of sulfonamides is 1. The standard InChI is InChI=1S/C23H26ClNO5S/c1-15-4-9-21(14-16(15)2)31(28,29)25-12-10-19(11-13-25)23(27)30-17(3)22(26)18-5-7-20(24)8-6-18/h4-9,14,17,19H,10-13H2,1-3H3. The van der Waals surface area contributed by atoms with Gasteiger partial charge in [0.2, 0.25) is 15.8 Å². The van der Waals surface area contributed by atoms with Crippen LogP contribution in [0.2, 0.25) is 5.02 Å². The number of benzene rings is 2. The second-order valence-corrected chi connectivity index (χ2v) is 10.2. The van der Waals surface area contributed by atoms with E-state index in [-0.39, 0.29) is 23.8 Å².